The number of halogens is 10. The third-order valence-corrected chi connectivity index (χ3v) is 29.0. The van der Waals surface area contributed by atoms with Crippen LogP contribution >= 0.6 is 116 Å². The van der Waals surface area contributed by atoms with Crippen molar-refractivity contribution >= 4 is 136 Å². The van der Waals surface area contributed by atoms with Gasteiger partial charge in [-0.05, 0) is 0 Å². The Kier molecular flexibility index (Phi) is 10.8. The van der Waals surface area contributed by atoms with Gasteiger partial charge in [0.2, 0.25) is 0 Å². The summed E-state index contributed by atoms with van der Waals surface area (Å²) in [7, 11) is 0. The minimum absolute atomic E-state index is 0.121. The monoisotopic (exact) mass is 837 g/mol. The molecule has 0 heterocycles. The Morgan fingerprint density at radius 3 is 1.03 bits per heavy atom. The molecule has 0 aromatic carbocycles. The normalized spacial score (nSPS) is 28.8. The van der Waals surface area contributed by atoms with Gasteiger partial charge in [-0.1, -0.05) is 0 Å². The van der Waals surface area contributed by atoms with Gasteiger partial charge in [0.1, 0.15) is 0 Å². The van der Waals surface area contributed by atoms with Crippen molar-refractivity contribution in [2.24, 2.45) is 5.41 Å². The summed E-state index contributed by atoms with van der Waals surface area (Å²) in [5.74, 6) is 0. The first-order chi connectivity index (χ1) is 18.4. The molecule has 3 saturated carbocycles. The molecule has 0 aliphatic heterocycles. The van der Waals surface area contributed by atoms with E-state index in [0.29, 0.717) is 12.8 Å². The van der Waals surface area contributed by atoms with E-state index in [1.54, 1.807) is 0 Å². The van der Waals surface area contributed by atoms with E-state index in [2.05, 4.69) is 0 Å². The summed E-state index contributed by atoms with van der Waals surface area (Å²) < 4.78 is 2.64. The standard InChI is InChI=1S/C16H9Cl10.2C6H11.Sn/c17-6-7(18)11(22)15(25,10(6)21)14(4-2-1-3-5-14)16(26)12(23)8(19)9(20)13(16)24;2*1-2-4-6-5-3-1;/h1H,2-5H2;2*1H,2-6H2;/q;;;+1. The van der Waals surface area contributed by atoms with E-state index in [-0.39, 0.29) is 40.3 Å². The zero-order valence-electron chi connectivity index (χ0n) is 21.4. The van der Waals surface area contributed by atoms with Crippen molar-refractivity contribution in [3.05, 3.63) is 40.3 Å². The van der Waals surface area contributed by atoms with E-state index < -0.39 is 34.9 Å². The number of hydrogen-bond donors (Lipinski definition) is 0. The van der Waals surface area contributed by atoms with E-state index in [9.17, 15) is 0 Å². The molecule has 0 nitrogen and oxygen atoms in total. The first kappa shape index (κ1) is 33.0. The molecule has 0 radical (unpaired) electrons. The van der Waals surface area contributed by atoms with Gasteiger partial charge in [0.15, 0.2) is 0 Å². The van der Waals surface area contributed by atoms with Crippen molar-refractivity contribution in [2.45, 2.75) is 111 Å². The quantitative estimate of drug-likeness (QED) is 0.191. The topological polar surface area (TPSA) is 0 Å². The van der Waals surface area contributed by atoms with E-state index in [1.165, 1.54) is 64.2 Å². The summed E-state index contributed by atoms with van der Waals surface area (Å²) in [6.45, 7) is 0. The van der Waals surface area contributed by atoms with Crippen LogP contribution in [0.15, 0.2) is 40.3 Å². The van der Waals surface area contributed by atoms with Crippen molar-refractivity contribution in [3.8, 4) is 0 Å². The van der Waals surface area contributed by atoms with Gasteiger partial charge in [-0.2, -0.15) is 0 Å². The van der Waals surface area contributed by atoms with Crippen molar-refractivity contribution < 1.29 is 0 Å². The Bertz CT molecular complexity index is 991. The van der Waals surface area contributed by atoms with Gasteiger partial charge in [-0.25, -0.2) is 0 Å². The Labute approximate surface area is 289 Å². The summed E-state index contributed by atoms with van der Waals surface area (Å²) in [6.07, 6.45) is 17.1. The molecule has 216 valence electrons. The van der Waals surface area contributed by atoms with Gasteiger partial charge in [-0.15, -0.1) is 0 Å². The third kappa shape index (κ3) is 5.15. The molecular formula is C28H31Cl10Sn+. The van der Waals surface area contributed by atoms with Gasteiger partial charge >= 0.3 is 293 Å². The molecule has 39 heavy (non-hydrogen) atoms. The Balaban J connectivity index is 1.58. The van der Waals surface area contributed by atoms with Gasteiger partial charge in [0.25, 0.3) is 0 Å². The Morgan fingerprint density at radius 2 is 0.718 bits per heavy atom. The predicted molar refractivity (Wildman–Crippen MR) is 176 cm³/mol. The number of rotatable bonds is 5. The van der Waals surface area contributed by atoms with E-state index >= 15 is 0 Å². The van der Waals surface area contributed by atoms with Crippen molar-refractivity contribution in [1.82, 2.24) is 0 Å². The molecule has 0 amide bonds. The fraction of sp³-hybridized carbons (Fsp3) is 0.714. The number of allylic oxidation sites excluding steroid dienone is 8. The molecule has 0 N–H and O–H groups in total. The first-order valence-corrected chi connectivity index (χ1v) is 22.6. The molecule has 0 spiro atoms. The molecule has 0 aromatic rings. The van der Waals surface area contributed by atoms with E-state index in [1.807, 2.05) is 0 Å². The fourth-order valence-electron chi connectivity index (χ4n) is 8.27. The number of hydrogen-bond acceptors (Lipinski definition) is 0. The van der Waals surface area contributed by atoms with Crippen LogP contribution in [0.3, 0.4) is 0 Å². The average molecular weight is 841 g/mol. The maximum absolute atomic E-state index is 7.55. The van der Waals surface area contributed by atoms with Crippen LogP contribution in [0.2, 0.25) is 11.8 Å². The van der Waals surface area contributed by atoms with Crippen LogP contribution in [0.1, 0.15) is 89.9 Å². The van der Waals surface area contributed by atoms with Crippen LogP contribution < -0.4 is 0 Å². The third-order valence-electron chi connectivity index (χ3n) is 10.1. The molecule has 5 aliphatic rings. The molecule has 0 atom stereocenters. The van der Waals surface area contributed by atoms with Gasteiger partial charge < -0.3 is 0 Å². The molecule has 0 bridgehead atoms. The van der Waals surface area contributed by atoms with Crippen LogP contribution in [-0.4, -0.2) is 29.5 Å². The van der Waals surface area contributed by atoms with Crippen LogP contribution in [0.25, 0.3) is 0 Å². The number of alkyl halides is 2. The summed E-state index contributed by atoms with van der Waals surface area (Å²) >= 11 is 67.1. The molecule has 5 aliphatic carbocycles. The second-order valence-corrected chi connectivity index (χ2v) is 25.9. The van der Waals surface area contributed by atoms with Crippen molar-refractivity contribution in [1.29, 1.82) is 0 Å². The molecule has 0 aromatic heterocycles. The second kappa shape index (κ2) is 12.8. The molecule has 0 unspecified atom stereocenters. The zero-order chi connectivity index (χ0) is 28.3. The van der Waals surface area contributed by atoms with Crippen molar-refractivity contribution in [2.75, 3.05) is 0 Å². The fourth-order valence-corrected chi connectivity index (χ4v) is 26.8. The second-order valence-electron chi connectivity index (χ2n) is 11.9. The predicted octanol–water partition coefficient (Wildman–Crippen LogP) is 13.8. The van der Waals surface area contributed by atoms with Crippen LogP contribution in [-0.2, 0) is 0 Å². The summed E-state index contributed by atoms with van der Waals surface area (Å²) in [4.78, 5) is -3.04. The van der Waals surface area contributed by atoms with E-state index in [4.69, 9.17) is 116 Å². The van der Waals surface area contributed by atoms with Crippen LogP contribution in [0.5, 0.6) is 0 Å². The van der Waals surface area contributed by atoms with Crippen LogP contribution in [0, 0.1) is 5.41 Å². The van der Waals surface area contributed by atoms with Gasteiger partial charge in [0, 0.05) is 0 Å². The molecular weight excluding hydrogens is 810 g/mol. The molecule has 3 fully saturated rings. The first-order valence-electron chi connectivity index (χ1n) is 13.9. The Morgan fingerprint density at radius 1 is 0.436 bits per heavy atom. The van der Waals surface area contributed by atoms with Gasteiger partial charge in [0.05, 0.1) is 0 Å². The summed E-state index contributed by atoms with van der Waals surface area (Å²) in [5.41, 5.74) is -1.05. The van der Waals surface area contributed by atoms with E-state index in [0.717, 1.165) is 24.6 Å². The Hall–Kier alpha value is 2.66. The SMILES string of the molecule is ClC1=C(Cl)C(Cl)(C2(C3(Cl)C(Cl)=C(Cl)C(Cl)=C3Cl)CC[CH]([Sn+]([CH]3CCCCC3)[CH]3CCCCC3)CC2)C(Cl)=C1Cl. The summed E-state index contributed by atoms with van der Waals surface area (Å²) in [6, 6.07) is 0. The minimum atomic E-state index is -1.89. The van der Waals surface area contributed by atoms with Crippen molar-refractivity contribution in [3.63, 3.8) is 0 Å². The molecule has 11 heteroatoms. The van der Waals surface area contributed by atoms with Gasteiger partial charge in [-0.3, -0.25) is 0 Å². The average Bonchev–Trinajstić information content (AvgIpc) is 3.22. The molecule has 5 rings (SSSR count). The molecule has 0 saturated heterocycles. The summed E-state index contributed by atoms with van der Waals surface area (Å²) in [5, 5.41) is 1.06. The maximum atomic E-state index is 7.55. The zero-order valence-corrected chi connectivity index (χ0v) is 31.8. The van der Waals surface area contributed by atoms with Crippen LogP contribution in [0.4, 0.5) is 0 Å².